The zero-order chi connectivity index (χ0) is 22.4. The zero-order valence-corrected chi connectivity index (χ0v) is 19.9. The molecule has 2 saturated heterocycles. The number of aromatic nitrogens is 3. The molecule has 170 valence electrons. The number of ketones is 1. The second-order valence-electron chi connectivity index (χ2n) is 8.36. The molecule has 12 heteroatoms. The number of Topliss-reactive ketones (excluding diaryl/α,β-unsaturated/α-hetero) is 1. The molecule has 0 amide bonds. The highest BCUT2D eigenvalue weighted by molar-refractivity contribution is 7.99. The maximum atomic E-state index is 12.8. The molecule has 4 heterocycles. The van der Waals surface area contributed by atoms with Gasteiger partial charge >= 0.3 is 0 Å². The minimum Gasteiger partial charge on any atom is -0.416 e. The summed E-state index contributed by atoms with van der Waals surface area (Å²) in [6.45, 7) is 3.73. The van der Waals surface area contributed by atoms with Crippen LogP contribution >= 0.6 is 11.8 Å². The first-order valence-electron chi connectivity index (χ1n) is 10.1. The molecule has 4 rings (SSSR count). The van der Waals surface area contributed by atoms with Gasteiger partial charge in [0.2, 0.25) is 5.89 Å². The fraction of sp³-hybridized carbons (Fsp3) is 0.632. The summed E-state index contributed by atoms with van der Waals surface area (Å²) < 4.78 is 54.4. The summed E-state index contributed by atoms with van der Waals surface area (Å²) in [6.07, 6.45) is 1.59. The Bertz CT molecular complexity index is 1210. The third-order valence-electron chi connectivity index (χ3n) is 5.92. The maximum Gasteiger partial charge on any atom is 0.277 e. The maximum absolute atomic E-state index is 12.8. The lowest BCUT2D eigenvalue weighted by atomic mass is 10.1. The molecule has 0 aromatic carbocycles. The van der Waals surface area contributed by atoms with E-state index in [4.69, 9.17) is 4.42 Å². The first-order chi connectivity index (χ1) is 14.5. The van der Waals surface area contributed by atoms with Crippen molar-refractivity contribution < 1.29 is 26.0 Å². The predicted molar refractivity (Wildman–Crippen MR) is 116 cm³/mol. The van der Waals surface area contributed by atoms with Crippen molar-refractivity contribution in [2.24, 2.45) is 5.92 Å². The number of hydrogen-bond acceptors (Lipinski definition) is 9. The molecule has 31 heavy (non-hydrogen) atoms. The summed E-state index contributed by atoms with van der Waals surface area (Å²) in [7, 11) is -5.97. The van der Waals surface area contributed by atoms with Gasteiger partial charge in [-0.25, -0.2) is 16.8 Å². The van der Waals surface area contributed by atoms with Gasteiger partial charge in [-0.3, -0.25) is 4.79 Å². The number of sulfone groups is 2. The Morgan fingerprint density at radius 1 is 1.13 bits per heavy atom. The van der Waals surface area contributed by atoms with Crippen molar-refractivity contribution in [2.45, 2.75) is 44.4 Å². The molecule has 2 fully saturated rings. The minimum absolute atomic E-state index is 0.00489. The molecule has 0 spiro atoms. The van der Waals surface area contributed by atoms with Crippen LogP contribution in [0.4, 0.5) is 0 Å². The SMILES string of the molecule is Cc1cc(C(=O)CSc2nnc(C[C@@H]3CCS(=O)(=O)C3)o2)c(C)n1[C@H]1CCS(=O)(=O)C1. The van der Waals surface area contributed by atoms with E-state index in [2.05, 4.69) is 10.2 Å². The zero-order valence-electron chi connectivity index (χ0n) is 17.4. The Morgan fingerprint density at radius 3 is 2.48 bits per heavy atom. The van der Waals surface area contributed by atoms with Crippen LogP contribution in [0.5, 0.6) is 0 Å². The average molecular weight is 488 g/mol. The molecule has 0 N–H and O–H groups in total. The van der Waals surface area contributed by atoms with Gasteiger partial charge in [-0.05, 0) is 38.7 Å². The van der Waals surface area contributed by atoms with Crippen LogP contribution in [0, 0.1) is 19.8 Å². The minimum atomic E-state index is -3.02. The van der Waals surface area contributed by atoms with E-state index < -0.39 is 19.7 Å². The van der Waals surface area contributed by atoms with Crippen LogP contribution in [-0.4, -0.2) is 66.1 Å². The summed E-state index contributed by atoms with van der Waals surface area (Å²) in [5, 5.41) is 8.21. The van der Waals surface area contributed by atoms with Crippen LogP contribution in [0.25, 0.3) is 0 Å². The van der Waals surface area contributed by atoms with Crippen molar-refractivity contribution >= 4 is 37.2 Å². The third kappa shape index (κ3) is 5.06. The van der Waals surface area contributed by atoms with Crippen molar-refractivity contribution in [2.75, 3.05) is 28.8 Å². The molecule has 2 atom stereocenters. The van der Waals surface area contributed by atoms with Crippen LogP contribution in [0.1, 0.15) is 46.5 Å². The largest absolute Gasteiger partial charge is 0.416 e. The van der Waals surface area contributed by atoms with Crippen LogP contribution < -0.4 is 0 Å². The summed E-state index contributed by atoms with van der Waals surface area (Å²) in [5.41, 5.74) is 2.23. The highest BCUT2D eigenvalue weighted by Crippen LogP contribution is 2.30. The van der Waals surface area contributed by atoms with Crippen LogP contribution in [0.3, 0.4) is 0 Å². The first-order valence-corrected chi connectivity index (χ1v) is 14.7. The van der Waals surface area contributed by atoms with Gasteiger partial charge in [-0.1, -0.05) is 11.8 Å². The normalized spacial score (nSPS) is 24.6. The van der Waals surface area contributed by atoms with Crippen molar-refractivity contribution in [1.82, 2.24) is 14.8 Å². The van der Waals surface area contributed by atoms with Crippen LogP contribution in [0.2, 0.25) is 0 Å². The summed E-state index contributed by atoms with van der Waals surface area (Å²) >= 11 is 1.14. The Kier molecular flexibility index (Phi) is 6.08. The molecular weight excluding hydrogens is 462 g/mol. The van der Waals surface area contributed by atoms with E-state index in [-0.39, 0.29) is 51.7 Å². The fourth-order valence-electron chi connectivity index (χ4n) is 4.46. The number of nitrogens with zero attached hydrogens (tertiary/aromatic N) is 3. The van der Waals surface area contributed by atoms with E-state index in [1.165, 1.54) is 0 Å². The lowest BCUT2D eigenvalue weighted by Crippen LogP contribution is -2.14. The molecule has 0 bridgehead atoms. The van der Waals surface area contributed by atoms with E-state index >= 15 is 0 Å². The molecule has 2 aromatic rings. The second-order valence-corrected chi connectivity index (χ2v) is 13.7. The van der Waals surface area contributed by atoms with E-state index in [1.807, 2.05) is 24.5 Å². The Balaban J connectivity index is 1.38. The highest BCUT2D eigenvalue weighted by atomic mass is 32.2. The van der Waals surface area contributed by atoms with Crippen molar-refractivity contribution in [3.8, 4) is 0 Å². The Hall–Kier alpha value is -1.66. The first kappa shape index (κ1) is 22.5. The average Bonchev–Trinajstić information content (AvgIpc) is 3.41. The van der Waals surface area contributed by atoms with Gasteiger partial charge in [-0.15, -0.1) is 10.2 Å². The summed E-state index contributed by atoms with van der Waals surface area (Å²) in [6, 6.07) is 1.68. The van der Waals surface area contributed by atoms with E-state index in [0.717, 1.165) is 23.1 Å². The van der Waals surface area contributed by atoms with E-state index in [0.29, 0.717) is 30.7 Å². The fourth-order valence-corrected chi connectivity index (χ4v) is 8.69. The third-order valence-corrected chi connectivity index (χ3v) is 10.3. The van der Waals surface area contributed by atoms with Gasteiger partial charge in [0, 0.05) is 29.4 Å². The second kappa shape index (κ2) is 8.36. The molecule has 2 aromatic heterocycles. The van der Waals surface area contributed by atoms with Crippen molar-refractivity contribution in [3.05, 3.63) is 28.9 Å². The standard InChI is InChI=1S/C19H25N3O6S3/c1-12-7-16(13(2)22(12)15-4-6-31(26,27)11-15)17(23)9-29-19-21-20-18(28-19)8-14-3-5-30(24,25)10-14/h7,14-15H,3-6,8-11H2,1-2H3/t14-,15-/m0/s1. The molecule has 0 aliphatic carbocycles. The van der Waals surface area contributed by atoms with Gasteiger partial charge in [-0.2, -0.15) is 0 Å². The highest BCUT2D eigenvalue weighted by Gasteiger charge is 2.32. The van der Waals surface area contributed by atoms with E-state index in [9.17, 15) is 21.6 Å². The smallest absolute Gasteiger partial charge is 0.277 e. The quantitative estimate of drug-likeness (QED) is 0.424. The molecular formula is C19H25N3O6S3. The Labute approximate surface area is 185 Å². The van der Waals surface area contributed by atoms with Crippen molar-refractivity contribution in [1.29, 1.82) is 0 Å². The van der Waals surface area contributed by atoms with Crippen LogP contribution in [0.15, 0.2) is 15.7 Å². The van der Waals surface area contributed by atoms with Crippen molar-refractivity contribution in [3.63, 3.8) is 0 Å². The monoisotopic (exact) mass is 487 g/mol. The number of carbonyl (C=O) groups is 1. The molecule has 2 aliphatic heterocycles. The van der Waals surface area contributed by atoms with Gasteiger partial charge < -0.3 is 8.98 Å². The van der Waals surface area contributed by atoms with Crippen LogP contribution in [-0.2, 0) is 26.1 Å². The number of aryl methyl sites for hydroxylation is 1. The summed E-state index contributed by atoms with van der Waals surface area (Å²) in [5.74, 6) is 1.05. The van der Waals surface area contributed by atoms with Gasteiger partial charge in [0.05, 0.1) is 28.8 Å². The van der Waals surface area contributed by atoms with Gasteiger partial charge in [0.1, 0.15) is 0 Å². The summed E-state index contributed by atoms with van der Waals surface area (Å²) in [4.78, 5) is 12.8. The predicted octanol–water partition coefficient (Wildman–Crippen LogP) is 1.80. The number of carbonyl (C=O) groups excluding carboxylic acids is 1. The molecule has 0 saturated carbocycles. The number of thioether (sulfide) groups is 1. The molecule has 0 unspecified atom stereocenters. The molecule has 9 nitrogen and oxygen atoms in total. The topological polar surface area (TPSA) is 129 Å². The molecule has 0 radical (unpaired) electrons. The number of hydrogen-bond donors (Lipinski definition) is 0. The van der Waals surface area contributed by atoms with Gasteiger partial charge in [0.25, 0.3) is 5.22 Å². The number of rotatable bonds is 7. The Morgan fingerprint density at radius 2 is 1.84 bits per heavy atom. The van der Waals surface area contributed by atoms with E-state index in [1.54, 1.807) is 0 Å². The van der Waals surface area contributed by atoms with Gasteiger partial charge in [0.15, 0.2) is 25.5 Å². The lowest BCUT2D eigenvalue weighted by molar-refractivity contribution is 0.102. The lowest BCUT2D eigenvalue weighted by Gasteiger charge is -2.16. The molecule has 2 aliphatic rings.